The van der Waals surface area contributed by atoms with Crippen molar-refractivity contribution in [1.29, 1.82) is 0 Å². The second-order valence-electron chi connectivity index (χ2n) is 4.48. The molecule has 0 amide bonds. The summed E-state index contributed by atoms with van der Waals surface area (Å²) in [5, 5.41) is 8.19. The Morgan fingerprint density at radius 2 is 1.62 bits per heavy atom. The summed E-state index contributed by atoms with van der Waals surface area (Å²) in [5.41, 5.74) is 0. The SMILES string of the molecule is CCOP(=O)(OCC)[C@@H](C(=O)O)[Si](C)(C)C. The van der Waals surface area contributed by atoms with Gasteiger partial charge < -0.3 is 14.2 Å². The molecule has 96 valence electrons. The molecule has 16 heavy (non-hydrogen) atoms. The van der Waals surface area contributed by atoms with Crippen LogP contribution in [0.4, 0.5) is 0 Å². The lowest BCUT2D eigenvalue weighted by Crippen LogP contribution is -2.44. The van der Waals surface area contributed by atoms with E-state index in [2.05, 4.69) is 0 Å². The van der Waals surface area contributed by atoms with Crippen LogP contribution in [-0.4, -0.2) is 37.6 Å². The van der Waals surface area contributed by atoms with E-state index in [1.165, 1.54) is 0 Å². The number of carboxylic acid groups (broad SMARTS) is 1. The molecule has 0 spiro atoms. The third-order valence-corrected chi connectivity index (χ3v) is 9.24. The zero-order valence-corrected chi connectivity index (χ0v) is 12.4. The maximum atomic E-state index is 12.4. The first kappa shape index (κ1) is 15.8. The van der Waals surface area contributed by atoms with E-state index in [0.29, 0.717) is 0 Å². The molecule has 5 nitrogen and oxygen atoms in total. The highest BCUT2D eigenvalue weighted by atomic mass is 31.2. The topological polar surface area (TPSA) is 72.8 Å². The smallest absolute Gasteiger partial charge is 0.342 e. The highest BCUT2D eigenvalue weighted by Crippen LogP contribution is 2.55. The number of hydrogen-bond donors (Lipinski definition) is 1. The van der Waals surface area contributed by atoms with Gasteiger partial charge in [0.1, 0.15) is 5.28 Å². The number of rotatable bonds is 7. The van der Waals surface area contributed by atoms with Crippen molar-refractivity contribution < 1.29 is 23.5 Å². The van der Waals surface area contributed by atoms with Gasteiger partial charge in [0.25, 0.3) is 0 Å². The molecule has 0 rings (SSSR count). The Kier molecular flexibility index (Phi) is 5.90. The van der Waals surface area contributed by atoms with Gasteiger partial charge in [0, 0.05) is 0 Å². The van der Waals surface area contributed by atoms with Gasteiger partial charge in [0.05, 0.1) is 21.3 Å². The molecule has 0 aliphatic carbocycles. The molecule has 0 fully saturated rings. The predicted molar refractivity (Wildman–Crippen MR) is 65.6 cm³/mol. The van der Waals surface area contributed by atoms with Crippen LogP contribution in [0, 0.1) is 0 Å². The second kappa shape index (κ2) is 5.96. The van der Waals surface area contributed by atoms with Crippen molar-refractivity contribution in [2.75, 3.05) is 13.2 Å². The van der Waals surface area contributed by atoms with Crippen LogP contribution in [0.1, 0.15) is 13.8 Å². The lowest BCUT2D eigenvalue weighted by atomic mass is 10.8. The van der Waals surface area contributed by atoms with Crippen molar-refractivity contribution in [2.45, 2.75) is 38.8 Å². The highest BCUT2D eigenvalue weighted by Gasteiger charge is 2.49. The number of carbonyl (C=O) groups is 1. The molecule has 7 heteroatoms. The third-order valence-electron chi connectivity index (χ3n) is 1.99. The van der Waals surface area contributed by atoms with Gasteiger partial charge >= 0.3 is 13.6 Å². The summed E-state index contributed by atoms with van der Waals surface area (Å²) in [5.74, 6) is -1.09. The van der Waals surface area contributed by atoms with Gasteiger partial charge in [0.15, 0.2) is 0 Å². The van der Waals surface area contributed by atoms with E-state index in [9.17, 15) is 14.5 Å². The summed E-state index contributed by atoms with van der Waals surface area (Å²) in [7, 11) is -5.72. The average Bonchev–Trinajstić information content (AvgIpc) is 1.99. The van der Waals surface area contributed by atoms with Gasteiger partial charge in [-0.15, -0.1) is 0 Å². The van der Waals surface area contributed by atoms with E-state index >= 15 is 0 Å². The van der Waals surface area contributed by atoms with Crippen LogP contribution in [0.15, 0.2) is 0 Å². The van der Waals surface area contributed by atoms with Gasteiger partial charge in [0.2, 0.25) is 0 Å². The van der Waals surface area contributed by atoms with Crippen LogP contribution in [0.5, 0.6) is 0 Å². The Morgan fingerprint density at radius 1 is 1.25 bits per heavy atom. The molecule has 0 heterocycles. The second-order valence-corrected chi connectivity index (χ2v) is 12.4. The average molecular weight is 268 g/mol. The van der Waals surface area contributed by atoms with E-state index in [1.54, 1.807) is 13.8 Å². The Balaban J connectivity index is 5.27. The molecule has 0 aromatic rings. The maximum absolute atomic E-state index is 12.4. The Morgan fingerprint density at radius 3 is 1.81 bits per heavy atom. The highest BCUT2D eigenvalue weighted by molar-refractivity contribution is 7.59. The first-order valence-electron chi connectivity index (χ1n) is 5.30. The van der Waals surface area contributed by atoms with Crippen molar-refractivity contribution >= 4 is 21.6 Å². The van der Waals surface area contributed by atoms with E-state index in [0.717, 1.165) is 0 Å². The standard InChI is InChI=1S/C9H21O5PSi/c1-6-13-15(12,14-7-2)9(8(10)11)16(3,4)5/h9H,6-7H2,1-5H3,(H,10,11)/t9-/m1/s1. The van der Waals surface area contributed by atoms with E-state index in [1.807, 2.05) is 19.6 Å². The fourth-order valence-electron chi connectivity index (χ4n) is 1.53. The normalized spacial score (nSPS) is 14.8. The number of aliphatic carboxylic acids is 1. The van der Waals surface area contributed by atoms with Crippen LogP contribution >= 0.6 is 7.60 Å². The molecule has 0 saturated heterocycles. The molecule has 1 atom stereocenters. The molecular weight excluding hydrogens is 247 g/mol. The Hall–Kier alpha value is -0.163. The summed E-state index contributed by atoms with van der Waals surface area (Å²) < 4.78 is 22.6. The molecule has 0 unspecified atom stereocenters. The molecule has 0 aromatic carbocycles. The fraction of sp³-hybridized carbons (Fsp3) is 0.889. The van der Waals surface area contributed by atoms with Crippen molar-refractivity contribution in [2.24, 2.45) is 0 Å². The minimum Gasteiger partial charge on any atom is -0.481 e. The predicted octanol–water partition coefficient (Wildman–Crippen LogP) is 2.58. The number of carboxylic acids is 1. The van der Waals surface area contributed by atoms with Gasteiger partial charge in [-0.2, -0.15) is 0 Å². The Labute approximate surface area is 97.7 Å². The summed E-state index contributed by atoms with van der Waals surface area (Å²) in [6.07, 6.45) is 0. The lowest BCUT2D eigenvalue weighted by Gasteiger charge is -2.31. The molecule has 0 aromatic heterocycles. The van der Waals surface area contributed by atoms with Crippen LogP contribution in [0.25, 0.3) is 0 Å². The zero-order chi connectivity index (χ0) is 13.0. The maximum Gasteiger partial charge on any atom is 0.342 e. The summed E-state index contributed by atoms with van der Waals surface area (Å²) in [6, 6.07) is 0. The van der Waals surface area contributed by atoms with E-state index < -0.39 is 26.9 Å². The van der Waals surface area contributed by atoms with Crippen molar-refractivity contribution in [3.05, 3.63) is 0 Å². The quantitative estimate of drug-likeness (QED) is 0.567. The Bertz CT molecular complexity index is 276. The molecular formula is C9H21O5PSi. The van der Waals surface area contributed by atoms with E-state index in [4.69, 9.17) is 9.05 Å². The van der Waals surface area contributed by atoms with Crippen LogP contribution in [0.3, 0.4) is 0 Å². The molecule has 0 saturated carbocycles. The molecule has 0 aliphatic rings. The van der Waals surface area contributed by atoms with Crippen molar-refractivity contribution in [3.63, 3.8) is 0 Å². The first-order chi connectivity index (χ1) is 7.19. The molecule has 0 radical (unpaired) electrons. The van der Waals surface area contributed by atoms with Crippen LogP contribution in [0.2, 0.25) is 19.6 Å². The largest absolute Gasteiger partial charge is 0.481 e. The van der Waals surface area contributed by atoms with Crippen LogP contribution < -0.4 is 0 Å². The molecule has 0 bridgehead atoms. The zero-order valence-electron chi connectivity index (χ0n) is 10.5. The minimum absolute atomic E-state index is 0.186. The van der Waals surface area contributed by atoms with Gasteiger partial charge in [-0.05, 0) is 13.8 Å². The van der Waals surface area contributed by atoms with Crippen LogP contribution in [-0.2, 0) is 18.4 Å². The first-order valence-corrected chi connectivity index (χ1v) is 10.5. The lowest BCUT2D eigenvalue weighted by molar-refractivity contribution is -0.135. The van der Waals surface area contributed by atoms with E-state index in [-0.39, 0.29) is 13.2 Å². The summed E-state index contributed by atoms with van der Waals surface area (Å²) >= 11 is 0. The van der Waals surface area contributed by atoms with Gasteiger partial charge in [-0.1, -0.05) is 19.6 Å². The monoisotopic (exact) mass is 268 g/mol. The molecule has 1 N–H and O–H groups in total. The molecule has 0 aliphatic heterocycles. The third kappa shape index (κ3) is 4.01. The van der Waals surface area contributed by atoms with Crippen molar-refractivity contribution in [1.82, 2.24) is 0 Å². The summed E-state index contributed by atoms with van der Waals surface area (Å²) in [4.78, 5) is 11.2. The van der Waals surface area contributed by atoms with Gasteiger partial charge in [-0.25, -0.2) is 0 Å². The van der Waals surface area contributed by atoms with Gasteiger partial charge in [-0.3, -0.25) is 9.36 Å². The fourth-order valence-corrected chi connectivity index (χ4v) is 7.87. The van der Waals surface area contributed by atoms with Crippen molar-refractivity contribution in [3.8, 4) is 0 Å². The summed E-state index contributed by atoms with van der Waals surface area (Å²) in [6.45, 7) is 9.25. The minimum atomic E-state index is -3.54. The number of hydrogen-bond acceptors (Lipinski definition) is 4.